The van der Waals surface area contributed by atoms with E-state index in [0.29, 0.717) is 5.00 Å². The first-order valence-corrected chi connectivity index (χ1v) is 4.88. The molecule has 0 fully saturated rings. The second-order valence-electron chi connectivity index (χ2n) is 2.75. The molecule has 0 aliphatic carbocycles. The summed E-state index contributed by atoms with van der Waals surface area (Å²) in [6.45, 7) is 0.0336. The minimum atomic E-state index is -0.0985. The molecule has 2 aromatic rings. The number of nitrogen functional groups attached to an aromatic ring is 1. The van der Waals surface area contributed by atoms with Crippen LogP contribution in [0.15, 0.2) is 12.1 Å². The molecule has 2 aromatic heterocycles. The van der Waals surface area contributed by atoms with Crippen molar-refractivity contribution in [1.29, 1.82) is 0 Å². The molecule has 0 saturated heterocycles. The fraction of sp³-hybridized carbons (Fsp3) is 0.250. The molecule has 2 heterocycles. The average molecular weight is 214 g/mol. The molecule has 76 valence electrons. The second-order valence-corrected chi connectivity index (χ2v) is 3.87. The standard InChI is InChI=1S/C8H10N2O3S/c9-7-3-5-6(14-7)4-8(12)10(5)13-2-1-11/h3-4,11-12H,1-2,9H2. The lowest BCUT2D eigenvalue weighted by Gasteiger charge is -2.06. The molecule has 0 bridgehead atoms. The molecule has 0 aliphatic rings. The quantitative estimate of drug-likeness (QED) is 0.691. The Bertz CT molecular complexity index is 449. The molecule has 6 heteroatoms. The van der Waals surface area contributed by atoms with Gasteiger partial charge in [-0.2, -0.15) is 0 Å². The number of aromatic nitrogens is 1. The van der Waals surface area contributed by atoms with Gasteiger partial charge in [-0.3, -0.25) is 0 Å². The van der Waals surface area contributed by atoms with Crippen molar-refractivity contribution >= 4 is 26.6 Å². The number of aromatic hydroxyl groups is 1. The summed E-state index contributed by atoms with van der Waals surface area (Å²) in [6, 6.07) is 3.30. The van der Waals surface area contributed by atoms with Crippen LogP contribution >= 0.6 is 11.3 Å². The van der Waals surface area contributed by atoms with E-state index in [4.69, 9.17) is 15.7 Å². The van der Waals surface area contributed by atoms with Gasteiger partial charge >= 0.3 is 0 Å². The minimum absolute atomic E-state index is 0.0136. The first-order chi connectivity index (χ1) is 6.72. The van der Waals surface area contributed by atoms with Gasteiger partial charge in [-0.15, -0.1) is 16.1 Å². The van der Waals surface area contributed by atoms with E-state index in [0.717, 1.165) is 10.2 Å². The fourth-order valence-electron chi connectivity index (χ4n) is 1.24. The van der Waals surface area contributed by atoms with Gasteiger partial charge in [-0.1, -0.05) is 0 Å². The smallest absolute Gasteiger partial charge is 0.227 e. The molecular formula is C8H10N2O3S. The molecule has 0 saturated carbocycles. The number of hydrogen-bond acceptors (Lipinski definition) is 5. The molecule has 0 atom stereocenters. The number of nitrogens with two attached hydrogens (primary N) is 1. The highest BCUT2D eigenvalue weighted by Crippen LogP contribution is 2.32. The van der Waals surface area contributed by atoms with Gasteiger partial charge < -0.3 is 20.8 Å². The third kappa shape index (κ3) is 1.38. The van der Waals surface area contributed by atoms with E-state index in [1.165, 1.54) is 16.1 Å². The molecule has 0 unspecified atom stereocenters. The van der Waals surface area contributed by atoms with Gasteiger partial charge in [0.25, 0.3) is 0 Å². The molecule has 4 N–H and O–H groups in total. The summed E-state index contributed by atoms with van der Waals surface area (Å²) in [5.41, 5.74) is 6.32. The monoisotopic (exact) mass is 214 g/mol. The third-order valence-electron chi connectivity index (χ3n) is 1.76. The lowest BCUT2D eigenvalue weighted by molar-refractivity contribution is 0.0703. The SMILES string of the molecule is Nc1cc2c(cc(O)n2OCCO)s1. The second kappa shape index (κ2) is 3.39. The van der Waals surface area contributed by atoms with E-state index in [2.05, 4.69) is 0 Å². The summed E-state index contributed by atoms with van der Waals surface area (Å²) in [6.07, 6.45) is 0. The van der Waals surface area contributed by atoms with E-state index in [1.54, 1.807) is 12.1 Å². The minimum Gasteiger partial charge on any atom is -0.492 e. The van der Waals surface area contributed by atoms with Gasteiger partial charge in [0.1, 0.15) is 12.1 Å². The van der Waals surface area contributed by atoms with Crippen LogP contribution in [0.25, 0.3) is 10.2 Å². The van der Waals surface area contributed by atoms with Gasteiger partial charge in [-0.25, -0.2) is 0 Å². The molecule has 0 spiro atoms. The molecule has 0 amide bonds. The Labute approximate surface area is 83.9 Å². The topological polar surface area (TPSA) is 80.6 Å². The largest absolute Gasteiger partial charge is 0.492 e. The normalized spacial score (nSPS) is 10.9. The maximum Gasteiger partial charge on any atom is 0.227 e. The van der Waals surface area contributed by atoms with Crippen LogP contribution in [-0.2, 0) is 0 Å². The van der Waals surface area contributed by atoms with Crippen LogP contribution in [0.2, 0.25) is 0 Å². The fourth-order valence-corrected chi connectivity index (χ4v) is 2.08. The summed E-state index contributed by atoms with van der Waals surface area (Å²) >= 11 is 1.38. The number of aliphatic hydroxyl groups is 1. The van der Waals surface area contributed by atoms with E-state index in [1.807, 2.05) is 0 Å². The van der Waals surface area contributed by atoms with Crippen molar-refractivity contribution in [3.63, 3.8) is 0 Å². The number of aliphatic hydroxyl groups excluding tert-OH is 1. The van der Waals surface area contributed by atoms with Crippen molar-refractivity contribution in [2.75, 3.05) is 18.9 Å². The van der Waals surface area contributed by atoms with E-state index in [9.17, 15) is 5.11 Å². The summed E-state index contributed by atoms with van der Waals surface area (Å²) in [5, 5.41) is 18.7. The summed E-state index contributed by atoms with van der Waals surface area (Å²) in [4.78, 5) is 5.12. The van der Waals surface area contributed by atoms with Gasteiger partial charge in [0.05, 0.1) is 16.3 Å². The third-order valence-corrected chi connectivity index (χ3v) is 2.66. The maximum atomic E-state index is 9.46. The Kier molecular flexibility index (Phi) is 2.22. The Morgan fingerprint density at radius 1 is 1.50 bits per heavy atom. The van der Waals surface area contributed by atoms with Crippen LogP contribution in [0.4, 0.5) is 5.00 Å². The number of anilines is 1. The van der Waals surface area contributed by atoms with E-state index < -0.39 is 0 Å². The molecule has 2 rings (SSSR count). The van der Waals surface area contributed by atoms with Gasteiger partial charge in [0, 0.05) is 12.1 Å². The molecule has 5 nitrogen and oxygen atoms in total. The first kappa shape index (κ1) is 9.17. The highest BCUT2D eigenvalue weighted by Gasteiger charge is 2.11. The van der Waals surface area contributed by atoms with E-state index >= 15 is 0 Å². The highest BCUT2D eigenvalue weighted by molar-refractivity contribution is 7.22. The average Bonchev–Trinajstić information content (AvgIpc) is 2.58. The molecule has 0 aliphatic heterocycles. The molecule has 0 aromatic carbocycles. The maximum absolute atomic E-state index is 9.46. The highest BCUT2D eigenvalue weighted by atomic mass is 32.1. The lowest BCUT2D eigenvalue weighted by atomic mass is 10.5. The summed E-state index contributed by atoms with van der Waals surface area (Å²) in [5.74, 6) is 0.0136. The zero-order valence-corrected chi connectivity index (χ0v) is 8.12. The Morgan fingerprint density at radius 2 is 2.29 bits per heavy atom. The first-order valence-electron chi connectivity index (χ1n) is 4.06. The van der Waals surface area contributed by atoms with E-state index in [-0.39, 0.29) is 19.1 Å². The van der Waals surface area contributed by atoms with Crippen LogP contribution < -0.4 is 10.6 Å². The van der Waals surface area contributed by atoms with Crippen molar-refractivity contribution < 1.29 is 15.1 Å². The van der Waals surface area contributed by atoms with Crippen molar-refractivity contribution in [1.82, 2.24) is 4.73 Å². The zero-order chi connectivity index (χ0) is 10.1. The number of hydrogen-bond donors (Lipinski definition) is 3. The Hall–Kier alpha value is -1.40. The van der Waals surface area contributed by atoms with Crippen LogP contribution in [0.5, 0.6) is 5.88 Å². The van der Waals surface area contributed by atoms with Crippen LogP contribution in [0.1, 0.15) is 0 Å². The molecule has 0 radical (unpaired) electrons. The summed E-state index contributed by atoms with van der Waals surface area (Å²) < 4.78 is 2.12. The van der Waals surface area contributed by atoms with Crippen LogP contribution in [-0.4, -0.2) is 28.2 Å². The molecular weight excluding hydrogens is 204 g/mol. The van der Waals surface area contributed by atoms with Crippen molar-refractivity contribution in [2.24, 2.45) is 0 Å². The zero-order valence-electron chi connectivity index (χ0n) is 7.30. The van der Waals surface area contributed by atoms with Gasteiger partial charge in [0.2, 0.25) is 5.88 Å². The van der Waals surface area contributed by atoms with Crippen LogP contribution in [0.3, 0.4) is 0 Å². The van der Waals surface area contributed by atoms with Crippen molar-refractivity contribution in [3.05, 3.63) is 12.1 Å². The lowest BCUT2D eigenvalue weighted by Crippen LogP contribution is -2.14. The predicted octanol–water partition coefficient (Wildman–Crippen LogP) is 0.412. The Balaban J connectivity index is 2.43. The van der Waals surface area contributed by atoms with Gasteiger partial charge in [-0.05, 0) is 0 Å². The number of fused-ring (bicyclic) bond motifs is 1. The summed E-state index contributed by atoms with van der Waals surface area (Å²) in [7, 11) is 0. The predicted molar refractivity (Wildman–Crippen MR) is 54.4 cm³/mol. The number of nitrogens with zero attached hydrogens (tertiary/aromatic N) is 1. The van der Waals surface area contributed by atoms with Crippen LogP contribution in [0, 0.1) is 0 Å². The van der Waals surface area contributed by atoms with Crippen molar-refractivity contribution in [3.8, 4) is 5.88 Å². The Morgan fingerprint density at radius 3 is 3.00 bits per heavy atom. The number of rotatable bonds is 3. The van der Waals surface area contributed by atoms with Crippen molar-refractivity contribution in [2.45, 2.75) is 0 Å². The molecule has 14 heavy (non-hydrogen) atoms. The van der Waals surface area contributed by atoms with Gasteiger partial charge in [0.15, 0.2) is 0 Å². The number of thiophene rings is 1.